The van der Waals surface area contributed by atoms with Crippen molar-refractivity contribution in [3.63, 3.8) is 0 Å². The van der Waals surface area contributed by atoms with Gasteiger partial charge in [-0.2, -0.15) is 5.10 Å². The molecular formula is C17H25N5. The molecule has 5 heteroatoms. The first kappa shape index (κ1) is 16.1. The van der Waals surface area contributed by atoms with E-state index in [2.05, 4.69) is 47.7 Å². The van der Waals surface area contributed by atoms with E-state index in [1.165, 1.54) is 5.56 Å². The lowest BCUT2D eigenvalue weighted by molar-refractivity contribution is 0.501. The Morgan fingerprint density at radius 3 is 2.59 bits per heavy atom. The lowest BCUT2D eigenvalue weighted by atomic mass is 10.1. The SMILES string of the molecule is CN=C(NCCc1cnn(-c2ccccc2)c1)NC(C)(C)C. The van der Waals surface area contributed by atoms with E-state index in [0.29, 0.717) is 0 Å². The summed E-state index contributed by atoms with van der Waals surface area (Å²) in [6, 6.07) is 10.1. The molecule has 0 aliphatic heterocycles. The van der Waals surface area contributed by atoms with E-state index in [0.717, 1.165) is 24.6 Å². The molecule has 118 valence electrons. The number of aliphatic imine (C=N–C) groups is 1. The topological polar surface area (TPSA) is 54.2 Å². The number of guanidine groups is 1. The summed E-state index contributed by atoms with van der Waals surface area (Å²) in [7, 11) is 1.79. The van der Waals surface area contributed by atoms with Crippen molar-refractivity contribution in [3.05, 3.63) is 48.3 Å². The highest BCUT2D eigenvalue weighted by Crippen LogP contribution is 2.07. The highest BCUT2D eigenvalue weighted by atomic mass is 15.3. The Balaban J connectivity index is 1.87. The highest BCUT2D eigenvalue weighted by Gasteiger charge is 2.11. The molecule has 2 aromatic rings. The van der Waals surface area contributed by atoms with Gasteiger partial charge >= 0.3 is 0 Å². The van der Waals surface area contributed by atoms with Crippen LogP contribution in [-0.2, 0) is 6.42 Å². The summed E-state index contributed by atoms with van der Waals surface area (Å²) >= 11 is 0. The van der Waals surface area contributed by atoms with Crippen LogP contribution in [0.3, 0.4) is 0 Å². The molecule has 0 unspecified atom stereocenters. The van der Waals surface area contributed by atoms with Crippen LogP contribution in [0.5, 0.6) is 0 Å². The number of nitrogens with zero attached hydrogens (tertiary/aromatic N) is 3. The molecule has 0 saturated carbocycles. The third-order valence-electron chi connectivity index (χ3n) is 3.08. The maximum atomic E-state index is 4.41. The first-order chi connectivity index (χ1) is 10.5. The number of hydrogen-bond donors (Lipinski definition) is 2. The van der Waals surface area contributed by atoms with Crippen LogP contribution in [0.2, 0.25) is 0 Å². The number of rotatable bonds is 4. The van der Waals surface area contributed by atoms with E-state index in [4.69, 9.17) is 0 Å². The average Bonchev–Trinajstić information content (AvgIpc) is 2.95. The van der Waals surface area contributed by atoms with Gasteiger partial charge in [0, 0.05) is 25.3 Å². The maximum absolute atomic E-state index is 4.41. The fourth-order valence-electron chi connectivity index (χ4n) is 2.07. The standard InChI is InChI=1S/C17H25N5/c1-17(2,3)21-16(18-4)19-11-10-14-12-20-22(13-14)15-8-6-5-7-9-15/h5-9,12-13H,10-11H2,1-4H3,(H2,18,19,21). The highest BCUT2D eigenvalue weighted by molar-refractivity contribution is 5.80. The molecule has 1 aromatic heterocycles. The van der Waals surface area contributed by atoms with Crippen LogP contribution < -0.4 is 10.6 Å². The lowest BCUT2D eigenvalue weighted by Gasteiger charge is -2.23. The predicted octanol–water partition coefficient (Wildman–Crippen LogP) is 2.38. The molecule has 0 aliphatic rings. The zero-order valence-electron chi connectivity index (χ0n) is 13.8. The summed E-state index contributed by atoms with van der Waals surface area (Å²) in [6.45, 7) is 7.16. The van der Waals surface area contributed by atoms with E-state index in [1.807, 2.05) is 41.2 Å². The molecule has 0 bridgehead atoms. The van der Waals surface area contributed by atoms with Gasteiger partial charge in [-0.05, 0) is 44.9 Å². The first-order valence-electron chi connectivity index (χ1n) is 7.56. The minimum absolute atomic E-state index is 0.0000363. The molecule has 22 heavy (non-hydrogen) atoms. The van der Waals surface area contributed by atoms with Crippen molar-refractivity contribution in [2.24, 2.45) is 4.99 Å². The van der Waals surface area contributed by atoms with Crippen LogP contribution in [0.15, 0.2) is 47.7 Å². The largest absolute Gasteiger partial charge is 0.356 e. The zero-order valence-corrected chi connectivity index (χ0v) is 13.8. The van der Waals surface area contributed by atoms with Gasteiger partial charge in [-0.25, -0.2) is 4.68 Å². The fraction of sp³-hybridized carbons (Fsp3) is 0.412. The second-order valence-electron chi connectivity index (χ2n) is 6.25. The van der Waals surface area contributed by atoms with E-state index in [1.54, 1.807) is 7.05 Å². The second-order valence-corrected chi connectivity index (χ2v) is 6.25. The second kappa shape index (κ2) is 7.11. The van der Waals surface area contributed by atoms with E-state index in [-0.39, 0.29) is 5.54 Å². The van der Waals surface area contributed by atoms with Crippen molar-refractivity contribution in [3.8, 4) is 5.69 Å². The molecule has 0 spiro atoms. The van der Waals surface area contributed by atoms with Crippen molar-refractivity contribution < 1.29 is 0 Å². The van der Waals surface area contributed by atoms with Gasteiger partial charge in [-0.1, -0.05) is 18.2 Å². The normalized spacial score (nSPS) is 12.3. The van der Waals surface area contributed by atoms with Crippen molar-refractivity contribution in [1.29, 1.82) is 0 Å². The molecule has 2 rings (SSSR count). The van der Waals surface area contributed by atoms with Crippen molar-refractivity contribution in [2.45, 2.75) is 32.7 Å². The summed E-state index contributed by atoms with van der Waals surface area (Å²) in [5.41, 5.74) is 2.27. The van der Waals surface area contributed by atoms with Crippen molar-refractivity contribution >= 4 is 5.96 Å². The lowest BCUT2D eigenvalue weighted by Crippen LogP contribution is -2.47. The molecule has 0 aliphatic carbocycles. The predicted molar refractivity (Wildman–Crippen MR) is 91.5 cm³/mol. The molecule has 5 nitrogen and oxygen atoms in total. The van der Waals surface area contributed by atoms with E-state index < -0.39 is 0 Å². The van der Waals surface area contributed by atoms with Crippen LogP contribution >= 0.6 is 0 Å². The van der Waals surface area contributed by atoms with E-state index in [9.17, 15) is 0 Å². The fourth-order valence-corrected chi connectivity index (χ4v) is 2.07. The van der Waals surface area contributed by atoms with Gasteiger partial charge in [0.05, 0.1) is 11.9 Å². The summed E-state index contributed by atoms with van der Waals surface area (Å²) < 4.78 is 1.90. The molecule has 0 fully saturated rings. The molecule has 0 atom stereocenters. The first-order valence-corrected chi connectivity index (χ1v) is 7.56. The van der Waals surface area contributed by atoms with Gasteiger partial charge < -0.3 is 10.6 Å². The van der Waals surface area contributed by atoms with Crippen LogP contribution in [0.25, 0.3) is 5.69 Å². The minimum Gasteiger partial charge on any atom is -0.356 e. The number of para-hydroxylation sites is 1. The minimum atomic E-state index is 0.0000363. The Bertz CT molecular complexity index is 607. The van der Waals surface area contributed by atoms with Crippen LogP contribution in [0.1, 0.15) is 26.3 Å². The Morgan fingerprint density at radius 2 is 1.95 bits per heavy atom. The molecule has 2 N–H and O–H groups in total. The van der Waals surface area contributed by atoms with Gasteiger partial charge in [-0.15, -0.1) is 0 Å². The van der Waals surface area contributed by atoms with Gasteiger partial charge in [-0.3, -0.25) is 4.99 Å². The zero-order chi connectivity index (χ0) is 16.0. The Labute approximate surface area is 132 Å². The number of nitrogens with one attached hydrogen (secondary N) is 2. The average molecular weight is 299 g/mol. The maximum Gasteiger partial charge on any atom is 0.191 e. The summed E-state index contributed by atoms with van der Waals surface area (Å²) in [5.74, 6) is 0.822. The van der Waals surface area contributed by atoms with Crippen LogP contribution in [0.4, 0.5) is 0 Å². The smallest absolute Gasteiger partial charge is 0.191 e. The van der Waals surface area contributed by atoms with E-state index >= 15 is 0 Å². The van der Waals surface area contributed by atoms with Crippen molar-refractivity contribution in [1.82, 2.24) is 20.4 Å². The number of hydrogen-bond acceptors (Lipinski definition) is 2. The van der Waals surface area contributed by atoms with Crippen LogP contribution in [-0.4, -0.2) is 34.9 Å². The summed E-state index contributed by atoms with van der Waals surface area (Å²) in [6.07, 6.45) is 4.88. The van der Waals surface area contributed by atoms with Gasteiger partial charge in [0.25, 0.3) is 0 Å². The van der Waals surface area contributed by atoms with Gasteiger partial charge in [0.2, 0.25) is 0 Å². The Morgan fingerprint density at radius 1 is 1.23 bits per heavy atom. The molecule has 0 radical (unpaired) electrons. The van der Waals surface area contributed by atoms with Gasteiger partial charge in [0.1, 0.15) is 0 Å². The molecule has 1 aromatic carbocycles. The van der Waals surface area contributed by atoms with Crippen LogP contribution in [0, 0.1) is 0 Å². The quantitative estimate of drug-likeness (QED) is 0.673. The Hall–Kier alpha value is -2.30. The number of aromatic nitrogens is 2. The number of benzene rings is 1. The summed E-state index contributed by atoms with van der Waals surface area (Å²) in [5, 5.41) is 11.1. The molecular weight excluding hydrogens is 274 g/mol. The molecule has 0 saturated heterocycles. The van der Waals surface area contributed by atoms with Crippen molar-refractivity contribution in [2.75, 3.05) is 13.6 Å². The monoisotopic (exact) mass is 299 g/mol. The summed E-state index contributed by atoms with van der Waals surface area (Å²) in [4.78, 5) is 4.23. The van der Waals surface area contributed by atoms with Gasteiger partial charge in [0.15, 0.2) is 5.96 Å². The molecule has 1 heterocycles. The third kappa shape index (κ3) is 4.91. The third-order valence-corrected chi connectivity index (χ3v) is 3.08. The Kier molecular flexibility index (Phi) is 5.20. The molecule has 0 amide bonds.